The molecule has 0 heterocycles. The van der Waals surface area contributed by atoms with Gasteiger partial charge in [-0.3, -0.25) is 0 Å². The number of para-hydroxylation sites is 1. The number of hydrogen-bond donors (Lipinski definition) is 3. The number of carbonyl (C=O) groups is 1. The van der Waals surface area contributed by atoms with Crippen molar-refractivity contribution in [3.8, 4) is 0 Å². The fourth-order valence-electron chi connectivity index (χ4n) is 2.29. The zero-order valence-electron chi connectivity index (χ0n) is 9.65. The van der Waals surface area contributed by atoms with Crippen molar-refractivity contribution >= 4 is 11.7 Å². The number of aromatic carboxylic acids is 1. The van der Waals surface area contributed by atoms with Crippen molar-refractivity contribution in [2.45, 2.75) is 31.3 Å². The summed E-state index contributed by atoms with van der Waals surface area (Å²) in [5.41, 5.74) is 0.139. The average Bonchev–Trinajstić information content (AvgIpc) is 2.74. The monoisotopic (exact) mass is 235 g/mol. The summed E-state index contributed by atoms with van der Waals surface area (Å²) in [5, 5.41) is 22.2. The number of rotatable bonds is 4. The second-order valence-electron chi connectivity index (χ2n) is 4.64. The molecule has 1 fully saturated rings. The predicted octanol–water partition coefficient (Wildman–Crippen LogP) is 2.10. The predicted molar refractivity (Wildman–Crippen MR) is 65.3 cm³/mol. The molecular formula is C13H17NO3. The fraction of sp³-hybridized carbons (Fsp3) is 0.462. The largest absolute Gasteiger partial charge is 0.478 e. The Morgan fingerprint density at radius 1 is 1.29 bits per heavy atom. The molecule has 0 radical (unpaired) electrons. The lowest BCUT2D eigenvalue weighted by Gasteiger charge is -2.23. The third-order valence-corrected chi connectivity index (χ3v) is 3.30. The molecule has 0 aromatic heterocycles. The van der Waals surface area contributed by atoms with E-state index in [1.165, 1.54) is 0 Å². The summed E-state index contributed by atoms with van der Waals surface area (Å²) in [6.45, 7) is 0.414. The van der Waals surface area contributed by atoms with E-state index in [1.807, 2.05) is 0 Å². The molecule has 1 aliphatic carbocycles. The summed E-state index contributed by atoms with van der Waals surface area (Å²) in [6, 6.07) is 6.76. The van der Waals surface area contributed by atoms with Gasteiger partial charge in [-0.25, -0.2) is 4.79 Å². The van der Waals surface area contributed by atoms with Crippen LogP contribution >= 0.6 is 0 Å². The lowest BCUT2D eigenvalue weighted by atomic mass is 10.0. The van der Waals surface area contributed by atoms with Crippen LogP contribution in [0.15, 0.2) is 24.3 Å². The highest BCUT2D eigenvalue weighted by molar-refractivity contribution is 5.94. The normalized spacial score (nSPS) is 17.9. The minimum absolute atomic E-state index is 0.245. The Balaban J connectivity index is 2.06. The molecule has 0 bridgehead atoms. The highest BCUT2D eigenvalue weighted by Crippen LogP contribution is 2.30. The van der Waals surface area contributed by atoms with Crippen molar-refractivity contribution in [1.82, 2.24) is 0 Å². The Kier molecular flexibility index (Phi) is 3.33. The van der Waals surface area contributed by atoms with Crippen molar-refractivity contribution in [2.24, 2.45) is 0 Å². The van der Waals surface area contributed by atoms with Crippen LogP contribution in [0.1, 0.15) is 36.0 Å². The molecule has 1 saturated carbocycles. The topological polar surface area (TPSA) is 69.6 Å². The molecule has 17 heavy (non-hydrogen) atoms. The van der Waals surface area contributed by atoms with Gasteiger partial charge in [0.05, 0.1) is 11.2 Å². The summed E-state index contributed by atoms with van der Waals surface area (Å²) in [4.78, 5) is 11.0. The second kappa shape index (κ2) is 4.75. The zero-order chi connectivity index (χ0) is 12.3. The number of aliphatic hydroxyl groups is 1. The van der Waals surface area contributed by atoms with Gasteiger partial charge < -0.3 is 15.5 Å². The molecule has 0 unspecified atom stereocenters. The van der Waals surface area contributed by atoms with Crippen LogP contribution in [-0.2, 0) is 0 Å². The number of nitrogens with one attached hydrogen (secondary N) is 1. The van der Waals surface area contributed by atoms with Gasteiger partial charge in [0.1, 0.15) is 0 Å². The maximum atomic E-state index is 11.0. The quantitative estimate of drug-likeness (QED) is 0.747. The van der Waals surface area contributed by atoms with Gasteiger partial charge in [-0.2, -0.15) is 0 Å². The van der Waals surface area contributed by atoms with E-state index in [0.29, 0.717) is 12.2 Å². The first kappa shape index (κ1) is 11.9. The third kappa shape index (κ3) is 2.77. The van der Waals surface area contributed by atoms with Crippen molar-refractivity contribution in [3.05, 3.63) is 29.8 Å². The van der Waals surface area contributed by atoms with E-state index < -0.39 is 11.6 Å². The molecule has 1 aromatic carbocycles. The highest BCUT2D eigenvalue weighted by atomic mass is 16.4. The standard InChI is InChI=1S/C13H17NO3/c15-12(16)10-5-1-2-6-11(10)14-9-13(17)7-3-4-8-13/h1-2,5-6,14,17H,3-4,7-9H2,(H,15,16). The summed E-state index contributed by atoms with van der Waals surface area (Å²) in [5.74, 6) is -0.952. The molecule has 4 heteroatoms. The molecule has 0 amide bonds. The fourth-order valence-corrected chi connectivity index (χ4v) is 2.29. The Morgan fingerprint density at radius 2 is 1.94 bits per heavy atom. The van der Waals surface area contributed by atoms with Crippen molar-refractivity contribution in [3.63, 3.8) is 0 Å². The molecule has 1 aromatic rings. The third-order valence-electron chi connectivity index (χ3n) is 3.30. The van der Waals surface area contributed by atoms with E-state index in [9.17, 15) is 9.90 Å². The van der Waals surface area contributed by atoms with Crippen molar-refractivity contribution in [1.29, 1.82) is 0 Å². The van der Waals surface area contributed by atoms with E-state index in [-0.39, 0.29) is 5.56 Å². The highest BCUT2D eigenvalue weighted by Gasteiger charge is 2.30. The van der Waals surface area contributed by atoms with E-state index in [4.69, 9.17) is 5.11 Å². The Bertz CT molecular complexity index is 411. The maximum Gasteiger partial charge on any atom is 0.337 e. The van der Waals surface area contributed by atoms with Gasteiger partial charge in [-0.1, -0.05) is 25.0 Å². The summed E-state index contributed by atoms with van der Waals surface area (Å²) < 4.78 is 0. The number of carboxylic acids is 1. The van der Waals surface area contributed by atoms with Crippen LogP contribution in [0.25, 0.3) is 0 Å². The molecule has 0 atom stereocenters. The summed E-state index contributed by atoms with van der Waals surface area (Å²) in [7, 11) is 0. The van der Waals surface area contributed by atoms with Crippen LogP contribution in [0, 0.1) is 0 Å². The van der Waals surface area contributed by atoms with E-state index in [2.05, 4.69) is 5.32 Å². The van der Waals surface area contributed by atoms with Gasteiger partial charge in [0.25, 0.3) is 0 Å². The first-order chi connectivity index (χ1) is 8.11. The molecule has 0 spiro atoms. The van der Waals surface area contributed by atoms with Crippen molar-refractivity contribution < 1.29 is 15.0 Å². The Labute approximate surface area is 100 Å². The Morgan fingerprint density at radius 3 is 2.59 bits per heavy atom. The van der Waals surface area contributed by atoms with Gasteiger partial charge >= 0.3 is 5.97 Å². The lowest BCUT2D eigenvalue weighted by Crippen LogP contribution is -2.33. The summed E-state index contributed by atoms with van der Waals surface area (Å²) >= 11 is 0. The van der Waals surface area contributed by atoms with Gasteiger partial charge in [0, 0.05) is 12.2 Å². The van der Waals surface area contributed by atoms with Crippen LogP contribution in [0.5, 0.6) is 0 Å². The van der Waals surface area contributed by atoms with Crippen LogP contribution in [0.2, 0.25) is 0 Å². The molecule has 4 nitrogen and oxygen atoms in total. The molecule has 3 N–H and O–H groups in total. The van der Waals surface area contributed by atoms with Gasteiger partial charge in [-0.15, -0.1) is 0 Å². The second-order valence-corrected chi connectivity index (χ2v) is 4.64. The molecule has 2 rings (SSSR count). The van der Waals surface area contributed by atoms with E-state index in [1.54, 1.807) is 24.3 Å². The minimum Gasteiger partial charge on any atom is -0.478 e. The summed E-state index contributed by atoms with van der Waals surface area (Å²) in [6.07, 6.45) is 3.65. The van der Waals surface area contributed by atoms with Gasteiger partial charge in [-0.05, 0) is 25.0 Å². The molecule has 0 saturated heterocycles. The first-order valence-corrected chi connectivity index (χ1v) is 5.89. The van der Waals surface area contributed by atoms with Gasteiger partial charge in [0.2, 0.25) is 0 Å². The van der Waals surface area contributed by atoms with Crippen LogP contribution < -0.4 is 5.32 Å². The number of carboxylic acid groups (broad SMARTS) is 1. The molecule has 92 valence electrons. The van der Waals surface area contributed by atoms with Crippen LogP contribution in [0.3, 0.4) is 0 Å². The van der Waals surface area contributed by atoms with Crippen LogP contribution in [0.4, 0.5) is 5.69 Å². The first-order valence-electron chi connectivity index (χ1n) is 5.89. The van der Waals surface area contributed by atoms with E-state index >= 15 is 0 Å². The number of anilines is 1. The molecule has 1 aliphatic rings. The van der Waals surface area contributed by atoms with Crippen molar-refractivity contribution in [2.75, 3.05) is 11.9 Å². The molecular weight excluding hydrogens is 218 g/mol. The van der Waals surface area contributed by atoms with E-state index in [0.717, 1.165) is 25.7 Å². The molecule has 0 aliphatic heterocycles. The average molecular weight is 235 g/mol. The maximum absolute atomic E-state index is 11.0. The zero-order valence-corrected chi connectivity index (χ0v) is 9.65. The number of benzene rings is 1. The smallest absolute Gasteiger partial charge is 0.337 e. The van der Waals surface area contributed by atoms with Gasteiger partial charge in [0.15, 0.2) is 0 Å². The SMILES string of the molecule is O=C(O)c1ccccc1NCC1(O)CCCC1. The Hall–Kier alpha value is -1.55. The lowest BCUT2D eigenvalue weighted by molar-refractivity contribution is 0.0610. The number of hydrogen-bond acceptors (Lipinski definition) is 3. The minimum atomic E-state index is -0.952. The van der Waals surface area contributed by atoms with Crippen LogP contribution in [-0.4, -0.2) is 28.3 Å².